The Morgan fingerprint density at radius 1 is 1.26 bits per heavy atom. The van der Waals surface area contributed by atoms with Gasteiger partial charge in [-0.05, 0) is 42.5 Å². The summed E-state index contributed by atoms with van der Waals surface area (Å²) >= 11 is 0. The standard InChI is InChI=1S/C22H27NO4/c1-6-27-16-9-7-14(8-10-16)19-18(21(25)26-5)13(2)23-17-11-15(24)12-22(3,4)20(17)19/h7-10,19,23H,6,11-12H2,1-5H3/t19-/m1/s1. The van der Waals surface area contributed by atoms with E-state index in [-0.39, 0.29) is 23.1 Å². The van der Waals surface area contributed by atoms with Crippen molar-refractivity contribution in [3.8, 4) is 5.75 Å². The maximum Gasteiger partial charge on any atom is 0.336 e. The van der Waals surface area contributed by atoms with Gasteiger partial charge in [0.2, 0.25) is 0 Å². The van der Waals surface area contributed by atoms with Gasteiger partial charge in [0.25, 0.3) is 0 Å². The molecule has 1 N–H and O–H groups in total. The summed E-state index contributed by atoms with van der Waals surface area (Å²) in [6.45, 7) is 8.55. The average molecular weight is 369 g/mol. The summed E-state index contributed by atoms with van der Waals surface area (Å²) in [6.07, 6.45) is 0.840. The number of Topliss-reactive ketones (excluding diaryl/α,β-unsaturated/α-hetero) is 1. The smallest absolute Gasteiger partial charge is 0.336 e. The Labute approximate surface area is 160 Å². The molecule has 1 aromatic rings. The number of carbonyl (C=O) groups is 2. The summed E-state index contributed by atoms with van der Waals surface area (Å²) in [5.74, 6) is 0.416. The highest BCUT2D eigenvalue weighted by atomic mass is 16.5. The maximum atomic E-state index is 12.6. The Morgan fingerprint density at radius 2 is 1.93 bits per heavy atom. The van der Waals surface area contributed by atoms with E-state index in [1.54, 1.807) is 0 Å². The van der Waals surface area contributed by atoms with Crippen LogP contribution in [0, 0.1) is 5.41 Å². The number of benzene rings is 1. The zero-order valence-corrected chi connectivity index (χ0v) is 16.6. The number of allylic oxidation sites excluding steroid dienone is 3. The molecule has 1 aliphatic carbocycles. The fourth-order valence-corrected chi connectivity index (χ4v) is 4.32. The number of ether oxygens (including phenoxy) is 2. The normalized spacial score (nSPS) is 21.5. The van der Waals surface area contributed by atoms with Crippen LogP contribution in [0.2, 0.25) is 0 Å². The number of esters is 1. The fraction of sp³-hybridized carbons (Fsp3) is 0.455. The molecule has 1 aromatic carbocycles. The number of methoxy groups -OCH3 is 1. The first kappa shape index (κ1) is 19.2. The molecule has 1 aliphatic heterocycles. The predicted molar refractivity (Wildman–Crippen MR) is 103 cm³/mol. The lowest BCUT2D eigenvalue weighted by Crippen LogP contribution is -2.39. The molecule has 0 radical (unpaired) electrons. The van der Waals surface area contributed by atoms with Crippen molar-refractivity contribution in [3.05, 3.63) is 52.4 Å². The van der Waals surface area contributed by atoms with Crippen LogP contribution in [0.4, 0.5) is 0 Å². The molecule has 0 bridgehead atoms. The van der Waals surface area contributed by atoms with Crippen LogP contribution in [0.3, 0.4) is 0 Å². The van der Waals surface area contributed by atoms with Crippen LogP contribution in [0.1, 0.15) is 52.0 Å². The molecule has 2 aliphatic rings. The van der Waals surface area contributed by atoms with E-state index in [0.29, 0.717) is 25.0 Å². The Bertz CT molecular complexity index is 830. The summed E-state index contributed by atoms with van der Waals surface area (Å²) in [7, 11) is 1.40. The van der Waals surface area contributed by atoms with E-state index in [4.69, 9.17) is 9.47 Å². The molecule has 0 saturated heterocycles. The number of hydrogen-bond acceptors (Lipinski definition) is 5. The maximum absolute atomic E-state index is 12.6. The van der Waals surface area contributed by atoms with E-state index in [1.165, 1.54) is 7.11 Å². The molecule has 0 spiro atoms. The number of ketones is 1. The summed E-state index contributed by atoms with van der Waals surface area (Å²) in [5.41, 5.74) is 4.00. The van der Waals surface area contributed by atoms with Crippen molar-refractivity contribution in [2.75, 3.05) is 13.7 Å². The quantitative estimate of drug-likeness (QED) is 0.817. The monoisotopic (exact) mass is 369 g/mol. The molecule has 0 saturated carbocycles. The fourth-order valence-electron chi connectivity index (χ4n) is 4.32. The van der Waals surface area contributed by atoms with E-state index in [1.807, 2.05) is 38.1 Å². The summed E-state index contributed by atoms with van der Waals surface area (Å²) in [6, 6.07) is 7.83. The minimum atomic E-state index is -0.349. The Kier molecular flexibility index (Phi) is 5.13. The highest BCUT2D eigenvalue weighted by Crippen LogP contribution is 2.51. The molecule has 0 aromatic heterocycles. The Morgan fingerprint density at radius 3 is 2.52 bits per heavy atom. The summed E-state index contributed by atoms with van der Waals surface area (Å²) < 4.78 is 10.6. The van der Waals surface area contributed by atoms with Crippen molar-refractivity contribution in [1.29, 1.82) is 0 Å². The Balaban J connectivity index is 2.16. The van der Waals surface area contributed by atoms with Crippen LogP contribution >= 0.6 is 0 Å². The van der Waals surface area contributed by atoms with E-state index < -0.39 is 0 Å². The van der Waals surface area contributed by atoms with Gasteiger partial charge in [-0.25, -0.2) is 4.79 Å². The van der Waals surface area contributed by atoms with Crippen molar-refractivity contribution in [2.24, 2.45) is 5.41 Å². The second-order valence-corrected chi connectivity index (χ2v) is 7.76. The van der Waals surface area contributed by atoms with Crippen molar-refractivity contribution in [3.63, 3.8) is 0 Å². The topological polar surface area (TPSA) is 64.6 Å². The molecule has 0 unspecified atom stereocenters. The minimum absolute atomic E-state index is 0.214. The molecule has 3 rings (SSSR count). The van der Waals surface area contributed by atoms with Gasteiger partial charge in [-0.3, -0.25) is 4.79 Å². The SMILES string of the molecule is CCOc1ccc([C@@H]2C(C(=O)OC)=C(C)NC3=C2C(C)(C)CC(=O)C3)cc1. The van der Waals surface area contributed by atoms with Crippen LogP contribution in [0.5, 0.6) is 5.75 Å². The van der Waals surface area contributed by atoms with Crippen LogP contribution in [-0.2, 0) is 14.3 Å². The van der Waals surface area contributed by atoms with Crippen LogP contribution in [-0.4, -0.2) is 25.5 Å². The highest BCUT2D eigenvalue weighted by molar-refractivity contribution is 5.94. The van der Waals surface area contributed by atoms with Crippen molar-refractivity contribution >= 4 is 11.8 Å². The second-order valence-electron chi connectivity index (χ2n) is 7.76. The molecule has 5 heteroatoms. The van der Waals surface area contributed by atoms with E-state index in [2.05, 4.69) is 19.2 Å². The van der Waals surface area contributed by atoms with Crippen molar-refractivity contribution in [2.45, 2.75) is 46.5 Å². The lowest BCUT2D eigenvalue weighted by atomic mass is 9.64. The van der Waals surface area contributed by atoms with Crippen molar-refractivity contribution < 1.29 is 19.1 Å². The number of rotatable bonds is 4. The summed E-state index contributed by atoms with van der Waals surface area (Å²) in [5, 5.41) is 3.31. The van der Waals surface area contributed by atoms with Gasteiger partial charge < -0.3 is 14.8 Å². The molecule has 5 nitrogen and oxygen atoms in total. The van der Waals surface area contributed by atoms with Gasteiger partial charge in [0, 0.05) is 30.2 Å². The van der Waals surface area contributed by atoms with Gasteiger partial charge in [0.1, 0.15) is 11.5 Å². The lowest BCUT2D eigenvalue weighted by Gasteiger charge is -2.43. The highest BCUT2D eigenvalue weighted by Gasteiger charge is 2.44. The van der Waals surface area contributed by atoms with Gasteiger partial charge >= 0.3 is 5.97 Å². The second kappa shape index (κ2) is 7.22. The molecule has 1 atom stereocenters. The number of dihydropyridines is 1. The first-order valence-electron chi connectivity index (χ1n) is 9.32. The van der Waals surface area contributed by atoms with Gasteiger partial charge in [0.05, 0.1) is 19.3 Å². The van der Waals surface area contributed by atoms with Crippen LogP contribution in [0.15, 0.2) is 46.8 Å². The van der Waals surface area contributed by atoms with Gasteiger partial charge in [-0.15, -0.1) is 0 Å². The summed E-state index contributed by atoms with van der Waals surface area (Å²) in [4.78, 5) is 24.9. The van der Waals surface area contributed by atoms with Crippen LogP contribution in [0.25, 0.3) is 0 Å². The van der Waals surface area contributed by atoms with Gasteiger partial charge in [-0.2, -0.15) is 0 Å². The van der Waals surface area contributed by atoms with Gasteiger partial charge in [0.15, 0.2) is 0 Å². The Hall–Kier alpha value is -2.56. The largest absolute Gasteiger partial charge is 0.494 e. The zero-order chi connectivity index (χ0) is 19.8. The lowest BCUT2D eigenvalue weighted by molar-refractivity contribution is -0.136. The third-order valence-electron chi connectivity index (χ3n) is 5.32. The molecular weight excluding hydrogens is 342 g/mol. The van der Waals surface area contributed by atoms with E-state index in [9.17, 15) is 9.59 Å². The number of carbonyl (C=O) groups excluding carboxylic acids is 2. The first-order valence-corrected chi connectivity index (χ1v) is 9.32. The molecule has 1 heterocycles. The molecule has 0 amide bonds. The molecule has 144 valence electrons. The molecule has 27 heavy (non-hydrogen) atoms. The molecular formula is C22H27NO4. The predicted octanol–water partition coefficient (Wildman–Crippen LogP) is 3.86. The van der Waals surface area contributed by atoms with E-state index in [0.717, 1.165) is 28.3 Å². The van der Waals surface area contributed by atoms with Gasteiger partial charge in [-0.1, -0.05) is 26.0 Å². The number of hydrogen-bond donors (Lipinski definition) is 1. The molecule has 0 fully saturated rings. The average Bonchev–Trinajstić information content (AvgIpc) is 2.60. The third kappa shape index (κ3) is 3.51. The third-order valence-corrected chi connectivity index (χ3v) is 5.32. The first-order chi connectivity index (χ1) is 12.8. The number of nitrogens with one attached hydrogen (secondary N) is 1. The minimum Gasteiger partial charge on any atom is -0.494 e. The van der Waals surface area contributed by atoms with Crippen molar-refractivity contribution in [1.82, 2.24) is 5.32 Å². The van der Waals surface area contributed by atoms with Crippen LogP contribution < -0.4 is 10.1 Å². The zero-order valence-electron chi connectivity index (χ0n) is 16.6. The van der Waals surface area contributed by atoms with E-state index >= 15 is 0 Å².